The van der Waals surface area contributed by atoms with Gasteiger partial charge < -0.3 is 11.1 Å². The van der Waals surface area contributed by atoms with Gasteiger partial charge in [0.25, 0.3) is 0 Å². The van der Waals surface area contributed by atoms with Gasteiger partial charge in [-0.3, -0.25) is 0 Å². The summed E-state index contributed by atoms with van der Waals surface area (Å²) >= 11 is 0. The molecule has 0 aromatic heterocycles. The number of benzene rings is 1. The quantitative estimate of drug-likeness (QED) is 0.783. The molecule has 2 heteroatoms. The molecule has 1 aliphatic carbocycles. The SMILES string of the molecule is CC(C)(CNC1CCCC1)c1ccc(N)cc1. The molecule has 0 atom stereocenters. The van der Waals surface area contributed by atoms with Crippen molar-refractivity contribution in [2.24, 2.45) is 0 Å². The van der Waals surface area contributed by atoms with E-state index in [9.17, 15) is 0 Å². The molecule has 0 aliphatic heterocycles. The minimum atomic E-state index is 0.177. The maximum absolute atomic E-state index is 5.73. The lowest BCUT2D eigenvalue weighted by Gasteiger charge is -2.28. The Morgan fingerprint density at radius 2 is 1.76 bits per heavy atom. The lowest BCUT2D eigenvalue weighted by Crippen LogP contribution is -2.38. The first-order valence-electron chi connectivity index (χ1n) is 6.67. The van der Waals surface area contributed by atoms with E-state index in [1.807, 2.05) is 12.1 Å². The van der Waals surface area contributed by atoms with Crippen molar-refractivity contribution >= 4 is 5.69 Å². The summed E-state index contributed by atoms with van der Waals surface area (Å²) in [6.45, 7) is 5.63. The molecule has 0 radical (unpaired) electrons. The third kappa shape index (κ3) is 3.22. The first-order chi connectivity index (χ1) is 8.08. The summed E-state index contributed by atoms with van der Waals surface area (Å²) in [5.74, 6) is 0. The lowest BCUT2D eigenvalue weighted by atomic mass is 9.84. The number of rotatable bonds is 4. The fourth-order valence-electron chi connectivity index (χ4n) is 2.57. The zero-order chi connectivity index (χ0) is 12.3. The van der Waals surface area contributed by atoms with Gasteiger partial charge in [0.15, 0.2) is 0 Å². The maximum atomic E-state index is 5.73. The smallest absolute Gasteiger partial charge is 0.0314 e. The summed E-state index contributed by atoms with van der Waals surface area (Å²) < 4.78 is 0. The third-order valence-electron chi connectivity index (χ3n) is 3.88. The van der Waals surface area contributed by atoms with Crippen LogP contribution in [0.3, 0.4) is 0 Å². The van der Waals surface area contributed by atoms with Crippen molar-refractivity contribution < 1.29 is 0 Å². The van der Waals surface area contributed by atoms with E-state index < -0.39 is 0 Å². The second-order valence-corrected chi connectivity index (χ2v) is 5.87. The molecule has 1 saturated carbocycles. The highest BCUT2D eigenvalue weighted by atomic mass is 14.9. The van der Waals surface area contributed by atoms with Crippen molar-refractivity contribution in [2.45, 2.75) is 51.0 Å². The van der Waals surface area contributed by atoms with Gasteiger partial charge in [-0.05, 0) is 30.5 Å². The Morgan fingerprint density at radius 1 is 1.18 bits per heavy atom. The first-order valence-corrected chi connectivity index (χ1v) is 6.67. The minimum absolute atomic E-state index is 0.177. The minimum Gasteiger partial charge on any atom is -0.399 e. The van der Waals surface area contributed by atoms with Gasteiger partial charge >= 0.3 is 0 Å². The van der Waals surface area contributed by atoms with Gasteiger partial charge in [-0.25, -0.2) is 0 Å². The van der Waals surface area contributed by atoms with Crippen LogP contribution in [0.2, 0.25) is 0 Å². The van der Waals surface area contributed by atoms with Crippen LogP contribution in [0.5, 0.6) is 0 Å². The van der Waals surface area contributed by atoms with Crippen molar-refractivity contribution in [1.29, 1.82) is 0 Å². The van der Waals surface area contributed by atoms with E-state index in [1.54, 1.807) is 0 Å². The van der Waals surface area contributed by atoms with E-state index in [0.29, 0.717) is 0 Å². The predicted molar refractivity (Wildman–Crippen MR) is 74.1 cm³/mol. The number of hydrogen-bond acceptors (Lipinski definition) is 2. The number of nitrogens with two attached hydrogens (primary N) is 1. The second kappa shape index (κ2) is 5.09. The van der Waals surface area contributed by atoms with Gasteiger partial charge in [0.1, 0.15) is 0 Å². The van der Waals surface area contributed by atoms with Crippen molar-refractivity contribution in [3.8, 4) is 0 Å². The molecule has 94 valence electrons. The van der Waals surface area contributed by atoms with Gasteiger partial charge in [-0.15, -0.1) is 0 Å². The topological polar surface area (TPSA) is 38.0 Å². The van der Waals surface area contributed by atoms with Gasteiger partial charge in [0.05, 0.1) is 0 Å². The highest BCUT2D eigenvalue weighted by Gasteiger charge is 2.23. The Labute approximate surface area is 105 Å². The molecule has 0 bridgehead atoms. The van der Waals surface area contributed by atoms with E-state index in [-0.39, 0.29) is 5.41 Å². The molecule has 2 nitrogen and oxygen atoms in total. The number of anilines is 1. The summed E-state index contributed by atoms with van der Waals surface area (Å²) in [5, 5.41) is 3.70. The zero-order valence-electron chi connectivity index (χ0n) is 11.0. The molecule has 0 heterocycles. The van der Waals surface area contributed by atoms with E-state index in [2.05, 4.69) is 31.3 Å². The molecule has 3 N–H and O–H groups in total. The number of nitrogen functional groups attached to an aromatic ring is 1. The molecule has 0 saturated heterocycles. The molecular weight excluding hydrogens is 208 g/mol. The van der Waals surface area contributed by atoms with Gasteiger partial charge in [0.2, 0.25) is 0 Å². The van der Waals surface area contributed by atoms with Crippen molar-refractivity contribution in [3.63, 3.8) is 0 Å². The number of nitrogens with one attached hydrogen (secondary N) is 1. The van der Waals surface area contributed by atoms with Crippen molar-refractivity contribution in [3.05, 3.63) is 29.8 Å². The standard InChI is InChI=1S/C15H24N2/c1-15(2,11-17-14-5-3-4-6-14)12-7-9-13(16)10-8-12/h7-10,14,17H,3-6,11,16H2,1-2H3. The van der Waals surface area contributed by atoms with Gasteiger partial charge in [-0.2, -0.15) is 0 Å². The molecule has 17 heavy (non-hydrogen) atoms. The largest absolute Gasteiger partial charge is 0.399 e. The molecule has 1 aliphatic rings. The highest BCUT2D eigenvalue weighted by Crippen LogP contribution is 2.25. The van der Waals surface area contributed by atoms with Crippen LogP contribution >= 0.6 is 0 Å². The monoisotopic (exact) mass is 232 g/mol. The Hall–Kier alpha value is -1.02. The summed E-state index contributed by atoms with van der Waals surface area (Å²) in [6.07, 6.45) is 5.47. The highest BCUT2D eigenvalue weighted by molar-refractivity contribution is 5.41. The first kappa shape index (κ1) is 12.4. The van der Waals surface area contributed by atoms with Crippen LogP contribution < -0.4 is 11.1 Å². The molecule has 0 unspecified atom stereocenters. The molecule has 2 rings (SSSR count). The van der Waals surface area contributed by atoms with Crippen molar-refractivity contribution in [1.82, 2.24) is 5.32 Å². The fourth-order valence-corrected chi connectivity index (χ4v) is 2.57. The van der Waals surface area contributed by atoms with Crippen LogP contribution in [-0.4, -0.2) is 12.6 Å². The molecule has 1 aromatic carbocycles. The van der Waals surface area contributed by atoms with Gasteiger partial charge in [-0.1, -0.05) is 38.8 Å². The summed E-state index contributed by atoms with van der Waals surface area (Å²) in [6, 6.07) is 9.01. The number of hydrogen-bond donors (Lipinski definition) is 2. The van der Waals surface area contributed by atoms with E-state index >= 15 is 0 Å². The predicted octanol–water partition coefficient (Wildman–Crippen LogP) is 3.08. The Kier molecular flexibility index (Phi) is 3.72. The summed E-state index contributed by atoms with van der Waals surface area (Å²) in [7, 11) is 0. The Bertz CT molecular complexity index is 348. The van der Waals surface area contributed by atoms with E-state index in [4.69, 9.17) is 5.73 Å². The van der Waals surface area contributed by atoms with Crippen LogP contribution in [0.15, 0.2) is 24.3 Å². The van der Waals surface area contributed by atoms with Gasteiger partial charge in [0, 0.05) is 23.7 Å². The Morgan fingerprint density at radius 3 is 2.35 bits per heavy atom. The fraction of sp³-hybridized carbons (Fsp3) is 0.600. The van der Waals surface area contributed by atoms with E-state index in [0.717, 1.165) is 18.3 Å². The second-order valence-electron chi connectivity index (χ2n) is 5.87. The summed E-state index contributed by atoms with van der Waals surface area (Å²) in [5.41, 5.74) is 8.10. The molecule has 1 fully saturated rings. The zero-order valence-corrected chi connectivity index (χ0v) is 11.0. The van der Waals surface area contributed by atoms with Crippen LogP contribution in [0.25, 0.3) is 0 Å². The normalized spacial score (nSPS) is 17.5. The van der Waals surface area contributed by atoms with E-state index in [1.165, 1.54) is 31.2 Å². The lowest BCUT2D eigenvalue weighted by molar-refractivity contribution is 0.419. The van der Waals surface area contributed by atoms with Crippen LogP contribution in [0, 0.1) is 0 Å². The van der Waals surface area contributed by atoms with Crippen LogP contribution in [-0.2, 0) is 5.41 Å². The molecule has 0 amide bonds. The van der Waals surface area contributed by atoms with Crippen molar-refractivity contribution in [2.75, 3.05) is 12.3 Å². The third-order valence-corrected chi connectivity index (χ3v) is 3.88. The van der Waals surface area contributed by atoms with Crippen LogP contribution in [0.4, 0.5) is 5.69 Å². The summed E-state index contributed by atoms with van der Waals surface area (Å²) in [4.78, 5) is 0. The van der Waals surface area contributed by atoms with Crippen LogP contribution in [0.1, 0.15) is 45.1 Å². The average molecular weight is 232 g/mol. The molecule has 1 aromatic rings. The maximum Gasteiger partial charge on any atom is 0.0314 e. The molecule has 0 spiro atoms. The Balaban J connectivity index is 1.94. The molecular formula is C15H24N2. The average Bonchev–Trinajstić information content (AvgIpc) is 2.80.